The highest BCUT2D eigenvalue weighted by Gasteiger charge is 2.60. The van der Waals surface area contributed by atoms with Gasteiger partial charge in [-0.25, -0.2) is 4.79 Å². The van der Waals surface area contributed by atoms with Crippen molar-refractivity contribution >= 4 is 24.3 Å². The van der Waals surface area contributed by atoms with Gasteiger partial charge in [0.05, 0.1) is 12.1 Å². The normalized spacial score (nSPS) is 37.5. The van der Waals surface area contributed by atoms with Crippen LogP contribution >= 0.6 is 12.4 Å². The van der Waals surface area contributed by atoms with Crippen molar-refractivity contribution in [3.05, 3.63) is 12.7 Å². The monoisotopic (exact) mass is 276 g/mol. The summed E-state index contributed by atoms with van der Waals surface area (Å²) in [6, 6.07) is -0.507. The molecule has 1 aliphatic carbocycles. The number of carbonyl (C=O) groups is 2. The Morgan fingerprint density at radius 1 is 1.50 bits per heavy atom. The number of hydrogen-bond acceptors (Lipinski definition) is 4. The van der Waals surface area contributed by atoms with Gasteiger partial charge in [0.25, 0.3) is 0 Å². The summed E-state index contributed by atoms with van der Waals surface area (Å²) in [6.45, 7) is 3.91. The Morgan fingerprint density at radius 2 is 2.17 bits per heavy atom. The number of carboxylic acid groups (broad SMARTS) is 1. The summed E-state index contributed by atoms with van der Waals surface area (Å²) in [5, 5.41) is 23.8. The minimum absolute atomic E-state index is 0. The molecular formula is C11H17ClN2O4. The molecule has 0 radical (unpaired) electrons. The summed E-state index contributed by atoms with van der Waals surface area (Å²) in [6.07, 6.45) is 1.71. The molecule has 6 nitrogen and oxygen atoms in total. The largest absolute Gasteiger partial charge is 0.479 e. The summed E-state index contributed by atoms with van der Waals surface area (Å²) in [5.41, 5.74) is -1.19. The summed E-state index contributed by atoms with van der Waals surface area (Å²) in [5.74, 6) is -1.61. The SMILES string of the molecule is C=C[C@@H]1C[C@]1(NC(=O)[C@H]1C[C@H](O)CN1)C(=O)O.Cl. The number of β-amino-alcohol motifs (C(OH)–C–C–N with tert-alkyl or cyclic N) is 1. The lowest BCUT2D eigenvalue weighted by Gasteiger charge is -2.17. The Labute approximate surface area is 111 Å². The van der Waals surface area contributed by atoms with Crippen molar-refractivity contribution in [2.75, 3.05) is 6.54 Å². The number of nitrogens with one attached hydrogen (secondary N) is 2. The number of hydrogen-bond donors (Lipinski definition) is 4. The Bertz CT molecular complexity index is 376. The van der Waals surface area contributed by atoms with E-state index in [1.165, 1.54) is 0 Å². The molecule has 1 heterocycles. The van der Waals surface area contributed by atoms with Gasteiger partial charge in [-0.15, -0.1) is 19.0 Å². The van der Waals surface area contributed by atoms with E-state index in [9.17, 15) is 14.7 Å². The third-order valence-electron chi connectivity index (χ3n) is 3.45. The average Bonchev–Trinajstić information content (AvgIpc) is 2.82. The molecule has 1 amide bonds. The predicted molar refractivity (Wildman–Crippen MR) is 66.5 cm³/mol. The fourth-order valence-corrected chi connectivity index (χ4v) is 2.24. The molecule has 2 aliphatic rings. The van der Waals surface area contributed by atoms with E-state index in [4.69, 9.17) is 5.11 Å². The van der Waals surface area contributed by atoms with Crippen LogP contribution in [0.3, 0.4) is 0 Å². The molecule has 2 rings (SSSR count). The van der Waals surface area contributed by atoms with E-state index in [1.807, 2.05) is 0 Å². The zero-order valence-electron chi connectivity index (χ0n) is 9.76. The standard InChI is InChI=1S/C11H16N2O4.ClH/c1-2-6-4-11(6,10(16)17)13-9(15)8-3-7(14)5-12-8;/h2,6-8,12,14H,1,3-5H2,(H,13,15)(H,16,17);1H/t6-,7+,8-,11-;/m1./s1. The quantitative estimate of drug-likeness (QED) is 0.508. The van der Waals surface area contributed by atoms with E-state index in [2.05, 4.69) is 17.2 Å². The summed E-state index contributed by atoms with van der Waals surface area (Å²) in [7, 11) is 0. The van der Waals surface area contributed by atoms with Crippen molar-refractivity contribution in [3.8, 4) is 0 Å². The van der Waals surface area contributed by atoms with E-state index < -0.39 is 23.7 Å². The second-order valence-electron chi connectivity index (χ2n) is 4.66. The lowest BCUT2D eigenvalue weighted by Crippen LogP contribution is -2.51. The van der Waals surface area contributed by atoms with Crippen LogP contribution < -0.4 is 10.6 Å². The van der Waals surface area contributed by atoms with Crippen molar-refractivity contribution < 1.29 is 19.8 Å². The van der Waals surface area contributed by atoms with Crippen LogP contribution in [0.15, 0.2) is 12.7 Å². The van der Waals surface area contributed by atoms with Crippen LogP contribution in [-0.4, -0.2) is 46.3 Å². The Hall–Kier alpha value is -1.11. The molecule has 0 bridgehead atoms. The van der Waals surface area contributed by atoms with E-state index in [0.29, 0.717) is 19.4 Å². The summed E-state index contributed by atoms with van der Waals surface area (Å²) >= 11 is 0. The Kier molecular flexibility index (Phi) is 4.37. The maximum Gasteiger partial charge on any atom is 0.330 e. The average molecular weight is 277 g/mol. The van der Waals surface area contributed by atoms with Gasteiger partial charge in [-0.1, -0.05) is 6.08 Å². The molecule has 0 unspecified atom stereocenters. The van der Waals surface area contributed by atoms with Gasteiger partial charge in [0.15, 0.2) is 0 Å². The van der Waals surface area contributed by atoms with Crippen LogP contribution in [0, 0.1) is 5.92 Å². The van der Waals surface area contributed by atoms with Crippen molar-refractivity contribution in [1.29, 1.82) is 0 Å². The van der Waals surface area contributed by atoms with Crippen LogP contribution in [-0.2, 0) is 9.59 Å². The van der Waals surface area contributed by atoms with Crippen LogP contribution in [0.25, 0.3) is 0 Å². The van der Waals surface area contributed by atoms with Gasteiger partial charge in [-0.2, -0.15) is 0 Å². The molecular weight excluding hydrogens is 260 g/mol. The molecule has 0 aromatic carbocycles. The maximum absolute atomic E-state index is 11.8. The van der Waals surface area contributed by atoms with E-state index >= 15 is 0 Å². The Balaban J connectivity index is 0.00000162. The van der Waals surface area contributed by atoms with E-state index in [0.717, 1.165) is 0 Å². The van der Waals surface area contributed by atoms with Crippen LogP contribution in [0.2, 0.25) is 0 Å². The minimum atomic E-state index is -1.19. The first-order chi connectivity index (χ1) is 7.99. The molecule has 2 fully saturated rings. The fourth-order valence-electron chi connectivity index (χ4n) is 2.24. The van der Waals surface area contributed by atoms with Gasteiger partial charge in [-0.05, 0) is 12.8 Å². The number of halogens is 1. The molecule has 0 aromatic rings. The fraction of sp³-hybridized carbons (Fsp3) is 0.636. The van der Waals surface area contributed by atoms with Crippen LogP contribution in [0.4, 0.5) is 0 Å². The Morgan fingerprint density at radius 3 is 2.56 bits per heavy atom. The highest BCUT2D eigenvalue weighted by molar-refractivity contribution is 5.92. The van der Waals surface area contributed by atoms with Crippen molar-refractivity contribution in [3.63, 3.8) is 0 Å². The third kappa shape index (κ3) is 2.50. The molecule has 4 N–H and O–H groups in total. The first-order valence-corrected chi connectivity index (χ1v) is 5.59. The highest BCUT2D eigenvalue weighted by Crippen LogP contribution is 2.44. The maximum atomic E-state index is 11.8. The smallest absolute Gasteiger partial charge is 0.330 e. The van der Waals surface area contributed by atoms with Gasteiger partial charge in [0.1, 0.15) is 5.54 Å². The lowest BCUT2D eigenvalue weighted by molar-refractivity contribution is -0.143. The van der Waals surface area contributed by atoms with E-state index in [-0.39, 0.29) is 24.2 Å². The van der Waals surface area contributed by atoms with Gasteiger partial charge in [0, 0.05) is 12.5 Å². The number of aliphatic carboxylic acids is 1. The number of rotatable bonds is 4. The van der Waals surface area contributed by atoms with Gasteiger partial charge in [0.2, 0.25) is 5.91 Å². The van der Waals surface area contributed by atoms with Crippen molar-refractivity contribution in [2.24, 2.45) is 5.92 Å². The third-order valence-corrected chi connectivity index (χ3v) is 3.45. The van der Waals surface area contributed by atoms with Crippen LogP contribution in [0.5, 0.6) is 0 Å². The molecule has 1 saturated heterocycles. The lowest BCUT2D eigenvalue weighted by atomic mass is 10.1. The number of aliphatic hydroxyl groups excluding tert-OH is 1. The van der Waals surface area contributed by atoms with E-state index in [1.54, 1.807) is 6.08 Å². The van der Waals surface area contributed by atoms with Gasteiger partial charge < -0.3 is 20.8 Å². The molecule has 4 atom stereocenters. The number of carbonyl (C=O) groups excluding carboxylic acids is 1. The first-order valence-electron chi connectivity index (χ1n) is 5.59. The number of carboxylic acids is 1. The zero-order valence-corrected chi connectivity index (χ0v) is 10.6. The van der Waals surface area contributed by atoms with Gasteiger partial charge >= 0.3 is 5.97 Å². The second-order valence-corrected chi connectivity index (χ2v) is 4.66. The van der Waals surface area contributed by atoms with Crippen molar-refractivity contribution in [1.82, 2.24) is 10.6 Å². The molecule has 0 spiro atoms. The highest BCUT2D eigenvalue weighted by atomic mass is 35.5. The summed E-state index contributed by atoms with van der Waals surface area (Å²) in [4.78, 5) is 23.0. The van der Waals surface area contributed by atoms with Crippen molar-refractivity contribution in [2.45, 2.75) is 30.5 Å². The zero-order chi connectivity index (χ0) is 12.6. The predicted octanol–water partition coefficient (Wildman–Crippen LogP) is -0.723. The second kappa shape index (κ2) is 5.26. The van der Waals surface area contributed by atoms with Gasteiger partial charge in [-0.3, -0.25) is 4.79 Å². The summed E-state index contributed by atoms with van der Waals surface area (Å²) < 4.78 is 0. The number of aliphatic hydroxyl groups is 1. The first kappa shape index (κ1) is 14.9. The molecule has 102 valence electrons. The molecule has 0 aromatic heterocycles. The molecule has 1 saturated carbocycles. The molecule has 1 aliphatic heterocycles. The van der Waals surface area contributed by atoms with Crippen LogP contribution in [0.1, 0.15) is 12.8 Å². The molecule has 7 heteroatoms. The molecule has 18 heavy (non-hydrogen) atoms. The number of amides is 1. The minimum Gasteiger partial charge on any atom is -0.479 e. The topological polar surface area (TPSA) is 98.7 Å².